The lowest BCUT2D eigenvalue weighted by Gasteiger charge is -2.27. The molecule has 1 aliphatic rings. The molecule has 1 aliphatic heterocycles. The number of likely N-dealkylation sites (N-methyl/N-ethyl adjacent to an activating group) is 1. The number of anilines is 1. The van der Waals surface area contributed by atoms with Crippen LogP contribution in [0.1, 0.15) is 6.92 Å². The number of aromatic nitrogens is 3. The van der Waals surface area contributed by atoms with Crippen molar-refractivity contribution in [2.24, 2.45) is 7.05 Å². The lowest BCUT2D eigenvalue weighted by atomic mass is 10.3. The van der Waals surface area contributed by atoms with Gasteiger partial charge in [0.1, 0.15) is 12.4 Å². The van der Waals surface area contributed by atoms with Gasteiger partial charge in [-0.15, -0.1) is 10.2 Å². The van der Waals surface area contributed by atoms with Gasteiger partial charge in [-0.05, 0) is 31.2 Å². The fraction of sp³-hybridized carbons (Fsp3) is 0.526. The summed E-state index contributed by atoms with van der Waals surface area (Å²) in [5, 5.41) is 9.66. The maximum atomic E-state index is 12.7. The zero-order chi connectivity index (χ0) is 20.8. The quantitative estimate of drug-likeness (QED) is 0.584. The first-order valence-corrected chi connectivity index (χ1v) is 10.7. The molecule has 2 aromatic rings. The van der Waals surface area contributed by atoms with Crippen LogP contribution in [0.4, 0.5) is 5.95 Å². The number of morpholine rings is 1. The number of carbonyl (C=O) groups excluding carboxylic acids is 1. The number of thioether (sulfide) groups is 1. The molecule has 0 saturated carbocycles. The van der Waals surface area contributed by atoms with Gasteiger partial charge in [0.15, 0.2) is 5.16 Å². The van der Waals surface area contributed by atoms with Crippen molar-refractivity contribution in [2.45, 2.75) is 17.3 Å². The second-order valence-corrected chi connectivity index (χ2v) is 8.51. The Morgan fingerprint density at radius 3 is 2.69 bits per heavy atom. The molecule has 0 radical (unpaired) electrons. The summed E-state index contributed by atoms with van der Waals surface area (Å²) < 4.78 is 13.0. The molecule has 1 aromatic heterocycles. The Kier molecular flexibility index (Phi) is 7.63. The molecule has 3 rings (SSSR count). The highest BCUT2D eigenvalue weighted by Crippen LogP contribution is 2.25. The molecule has 1 unspecified atom stereocenters. The van der Waals surface area contributed by atoms with Gasteiger partial charge >= 0.3 is 0 Å². The van der Waals surface area contributed by atoms with E-state index in [9.17, 15) is 4.79 Å². The van der Waals surface area contributed by atoms with Crippen molar-refractivity contribution in [1.82, 2.24) is 19.7 Å². The summed E-state index contributed by atoms with van der Waals surface area (Å²) in [6.07, 6.45) is 0. The average Bonchev–Trinajstić information content (AvgIpc) is 3.09. The molecule has 10 heteroatoms. The lowest BCUT2D eigenvalue weighted by Crippen LogP contribution is -2.38. The van der Waals surface area contributed by atoms with Crippen molar-refractivity contribution >= 4 is 35.2 Å². The van der Waals surface area contributed by atoms with E-state index in [0.29, 0.717) is 31.4 Å². The van der Waals surface area contributed by atoms with E-state index >= 15 is 0 Å². The molecule has 1 amide bonds. The van der Waals surface area contributed by atoms with Crippen LogP contribution in [0.25, 0.3) is 0 Å². The number of rotatable bonds is 8. The number of benzene rings is 1. The van der Waals surface area contributed by atoms with Crippen LogP contribution >= 0.6 is 23.4 Å². The number of carbonyl (C=O) groups is 1. The number of amides is 1. The van der Waals surface area contributed by atoms with Crippen LogP contribution in [-0.2, 0) is 16.6 Å². The molecule has 1 aromatic carbocycles. The average molecular weight is 440 g/mol. The predicted molar refractivity (Wildman–Crippen MR) is 114 cm³/mol. The number of hydrogen-bond acceptors (Lipinski definition) is 7. The second-order valence-electron chi connectivity index (χ2n) is 6.76. The Morgan fingerprint density at radius 1 is 1.31 bits per heavy atom. The van der Waals surface area contributed by atoms with Crippen molar-refractivity contribution in [2.75, 3.05) is 51.4 Å². The van der Waals surface area contributed by atoms with Crippen LogP contribution in [0.5, 0.6) is 5.75 Å². The van der Waals surface area contributed by atoms with Gasteiger partial charge in [0.25, 0.3) is 0 Å². The summed E-state index contributed by atoms with van der Waals surface area (Å²) in [5.41, 5.74) is 0. The van der Waals surface area contributed by atoms with Crippen LogP contribution < -0.4 is 9.64 Å². The third-order valence-corrected chi connectivity index (χ3v) is 5.99. The zero-order valence-corrected chi connectivity index (χ0v) is 18.4. The maximum absolute atomic E-state index is 12.7. The van der Waals surface area contributed by atoms with E-state index in [1.165, 1.54) is 11.8 Å². The molecule has 0 spiro atoms. The fourth-order valence-corrected chi connectivity index (χ4v) is 3.96. The van der Waals surface area contributed by atoms with Gasteiger partial charge in [-0.2, -0.15) is 0 Å². The van der Waals surface area contributed by atoms with E-state index in [1.807, 2.05) is 30.7 Å². The lowest BCUT2D eigenvalue weighted by molar-refractivity contribution is -0.129. The summed E-state index contributed by atoms with van der Waals surface area (Å²) in [5.74, 6) is 1.55. The van der Waals surface area contributed by atoms with E-state index in [1.54, 1.807) is 24.1 Å². The Hall–Kier alpha value is -1.97. The Balaban J connectivity index is 1.49. The van der Waals surface area contributed by atoms with Crippen molar-refractivity contribution in [3.63, 3.8) is 0 Å². The standard InChI is InChI=1S/C19H26ClN5O3S/c1-14(17(26)23(2)8-13-28-16-6-4-15(20)5-7-16)29-19-22-21-18(24(19)3)25-9-11-27-12-10-25/h4-7,14H,8-13H2,1-3H3. The molecular weight excluding hydrogens is 414 g/mol. The SMILES string of the molecule is CC(Sc1nnc(N2CCOCC2)n1C)C(=O)N(C)CCOc1ccc(Cl)cc1. The number of halogens is 1. The van der Waals surface area contributed by atoms with Crippen LogP contribution in [0.3, 0.4) is 0 Å². The maximum Gasteiger partial charge on any atom is 0.235 e. The molecule has 8 nitrogen and oxygen atoms in total. The van der Waals surface area contributed by atoms with E-state index in [4.69, 9.17) is 21.1 Å². The molecule has 29 heavy (non-hydrogen) atoms. The topological polar surface area (TPSA) is 72.7 Å². The van der Waals surface area contributed by atoms with Crippen molar-refractivity contribution in [3.8, 4) is 5.75 Å². The van der Waals surface area contributed by atoms with Gasteiger partial charge in [-0.25, -0.2) is 0 Å². The van der Waals surface area contributed by atoms with E-state index in [-0.39, 0.29) is 11.2 Å². The predicted octanol–water partition coefficient (Wildman–Crippen LogP) is 2.32. The molecule has 1 atom stereocenters. The first-order chi connectivity index (χ1) is 14.0. The molecule has 0 aliphatic carbocycles. The summed E-state index contributed by atoms with van der Waals surface area (Å²) in [4.78, 5) is 16.5. The van der Waals surface area contributed by atoms with Gasteiger partial charge in [-0.3, -0.25) is 9.36 Å². The van der Waals surface area contributed by atoms with Crippen molar-refractivity contribution in [3.05, 3.63) is 29.3 Å². The number of hydrogen-bond donors (Lipinski definition) is 0. The van der Waals surface area contributed by atoms with E-state index < -0.39 is 0 Å². The third kappa shape index (κ3) is 5.77. The Bertz CT molecular complexity index is 811. The summed E-state index contributed by atoms with van der Waals surface area (Å²) in [6.45, 7) is 5.74. The van der Waals surface area contributed by atoms with Gasteiger partial charge < -0.3 is 19.3 Å². The van der Waals surface area contributed by atoms with E-state index in [2.05, 4.69) is 15.1 Å². The molecule has 2 heterocycles. The fourth-order valence-electron chi connectivity index (χ4n) is 2.91. The number of nitrogens with zero attached hydrogens (tertiary/aromatic N) is 5. The minimum absolute atomic E-state index is 0.0191. The third-order valence-electron chi connectivity index (χ3n) is 4.62. The van der Waals surface area contributed by atoms with Crippen LogP contribution in [-0.4, -0.2) is 77.3 Å². The minimum atomic E-state index is -0.282. The largest absolute Gasteiger partial charge is 0.492 e. The molecule has 0 N–H and O–H groups in total. The Morgan fingerprint density at radius 2 is 2.00 bits per heavy atom. The molecule has 158 valence electrons. The number of ether oxygens (including phenoxy) is 2. The second kappa shape index (κ2) is 10.2. The highest BCUT2D eigenvalue weighted by atomic mass is 35.5. The Labute approximate surface area is 180 Å². The first kappa shape index (κ1) is 21.7. The van der Waals surface area contributed by atoms with Crippen LogP contribution in [0.2, 0.25) is 5.02 Å². The van der Waals surface area contributed by atoms with Crippen molar-refractivity contribution < 1.29 is 14.3 Å². The zero-order valence-electron chi connectivity index (χ0n) is 16.9. The molecular formula is C19H26ClN5O3S. The smallest absolute Gasteiger partial charge is 0.235 e. The highest BCUT2D eigenvalue weighted by molar-refractivity contribution is 8.00. The highest BCUT2D eigenvalue weighted by Gasteiger charge is 2.24. The molecule has 1 saturated heterocycles. The molecule has 1 fully saturated rings. The summed E-state index contributed by atoms with van der Waals surface area (Å²) in [7, 11) is 3.70. The van der Waals surface area contributed by atoms with Gasteiger partial charge in [0.2, 0.25) is 11.9 Å². The van der Waals surface area contributed by atoms with Gasteiger partial charge in [0, 0.05) is 32.2 Å². The van der Waals surface area contributed by atoms with Crippen molar-refractivity contribution in [1.29, 1.82) is 0 Å². The monoisotopic (exact) mass is 439 g/mol. The summed E-state index contributed by atoms with van der Waals surface area (Å²) in [6, 6.07) is 7.17. The van der Waals surface area contributed by atoms with Crippen LogP contribution in [0.15, 0.2) is 29.4 Å². The minimum Gasteiger partial charge on any atom is -0.492 e. The first-order valence-electron chi connectivity index (χ1n) is 9.48. The normalized spacial score (nSPS) is 15.2. The van der Waals surface area contributed by atoms with Gasteiger partial charge in [-0.1, -0.05) is 23.4 Å². The molecule has 0 bridgehead atoms. The van der Waals surface area contributed by atoms with E-state index in [0.717, 1.165) is 29.9 Å². The van der Waals surface area contributed by atoms with Gasteiger partial charge in [0.05, 0.1) is 25.0 Å². The van der Waals surface area contributed by atoms with Crippen LogP contribution in [0, 0.1) is 0 Å². The summed E-state index contributed by atoms with van der Waals surface area (Å²) >= 11 is 7.27.